The van der Waals surface area contributed by atoms with Gasteiger partial charge in [-0.3, -0.25) is 15.0 Å². The molecule has 4 N–H and O–H groups in total. The normalized spacial score (nSPS) is 10.4. The van der Waals surface area contributed by atoms with Crippen molar-refractivity contribution < 1.29 is 14.4 Å². The molecule has 7 nitrogen and oxygen atoms in total. The summed E-state index contributed by atoms with van der Waals surface area (Å²) in [6, 6.07) is 14.2. The summed E-state index contributed by atoms with van der Waals surface area (Å²) < 4.78 is 0. The Morgan fingerprint density at radius 2 is 1.67 bits per heavy atom. The highest BCUT2D eigenvalue weighted by atomic mass is 35.5. The predicted octanol–water partition coefficient (Wildman–Crippen LogP) is 4.28. The molecule has 0 unspecified atom stereocenters. The molecule has 0 fully saturated rings. The van der Waals surface area contributed by atoms with Crippen molar-refractivity contribution in [2.45, 2.75) is 6.42 Å². The SMILES string of the molecule is N=C(ON)c1ccc(C(=O)Cc2ccc(Cl)cc2C(=O)Nc2ccc(Cl)cn2)cc1. The van der Waals surface area contributed by atoms with Gasteiger partial charge in [0.2, 0.25) is 5.90 Å². The van der Waals surface area contributed by atoms with Crippen LogP contribution in [0.15, 0.2) is 60.8 Å². The maximum Gasteiger partial charge on any atom is 0.257 e. The van der Waals surface area contributed by atoms with Crippen LogP contribution in [0, 0.1) is 5.41 Å². The van der Waals surface area contributed by atoms with Crippen LogP contribution >= 0.6 is 23.2 Å². The van der Waals surface area contributed by atoms with Crippen molar-refractivity contribution in [1.82, 2.24) is 4.98 Å². The van der Waals surface area contributed by atoms with Gasteiger partial charge in [0.25, 0.3) is 5.91 Å². The lowest BCUT2D eigenvalue weighted by molar-refractivity contribution is 0.0992. The van der Waals surface area contributed by atoms with Gasteiger partial charge < -0.3 is 10.2 Å². The zero-order valence-corrected chi connectivity index (χ0v) is 17.0. The lowest BCUT2D eigenvalue weighted by Crippen LogP contribution is -2.17. The van der Waals surface area contributed by atoms with Gasteiger partial charge in [0.15, 0.2) is 5.78 Å². The first kappa shape index (κ1) is 21.4. The molecule has 0 aliphatic carbocycles. The van der Waals surface area contributed by atoms with E-state index < -0.39 is 5.91 Å². The van der Waals surface area contributed by atoms with Gasteiger partial charge in [0.1, 0.15) is 5.82 Å². The summed E-state index contributed by atoms with van der Waals surface area (Å²) in [5.74, 6) is 4.44. The minimum Gasteiger partial charge on any atom is -0.391 e. The number of nitrogens with zero attached hydrogens (tertiary/aromatic N) is 1. The molecule has 2 aromatic carbocycles. The lowest BCUT2D eigenvalue weighted by Gasteiger charge is -2.11. The number of hydrogen-bond acceptors (Lipinski definition) is 6. The van der Waals surface area contributed by atoms with Crippen molar-refractivity contribution in [2.24, 2.45) is 5.90 Å². The number of carbonyl (C=O) groups is 2. The molecule has 0 aliphatic rings. The third kappa shape index (κ3) is 5.21. The monoisotopic (exact) mass is 442 g/mol. The van der Waals surface area contributed by atoms with Crippen molar-refractivity contribution in [2.75, 3.05) is 5.32 Å². The molecule has 0 saturated carbocycles. The van der Waals surface area contributed by atoms with Gasteiger partial charge in [0, 0.05) is 34.3 Å². The van der Waals surface area contributed by atoms with Crippen LogP contribution in [0.2, 0.25) is 10.0 Å². The Bertz CT molecular complexity index is 1100. The Hall–Kier alpha value is -3.26. The number of Topliss-reactive ketones (excluding diaryl/α,β-unsaturated/α-hetero) is 1. The number of benzene rings is 2. The van der Waals surface area contributed by atoms with Crippen LogP contribution in [-0.4, -0.2) is 22.6 Å². The summed E-state index contributed by atoms with van der Waals surface area (Å²) in [6.45, 7) is 0. The molecule has 0 radical (unpaired) electrons. The predicted molar refractivity (Wildman–Crippen MR) is 115 cm³/mol. The number of ketones is 1. The molecule has 1 amide bonds. The van der Waals surface area contributed by atoms with E-state index in [1.54, 1.807) is 48.5 Å². The maximum absolute atomic E-state index is 12.7. The first-order chi connectivity index (χ1) is 14.4. The Morgan fingerprint density at radius 3 is 2.30 bits per heavy atom. The molecule has 1 heterocycles. The highest BCUT2D eigenvalue weighted by molar-refractivity contribution is 6.31. The van der Waals surface area contributed by atoms with Gasteiger partial charge in [-0.25, -0.2) is 4.98 Å². The van der Waals surface area contributed by atoms with Crippen LogP contribution in [0.25, 0.3) is 0 Å². The minimum absolute atomic E-state index is 0.0157. The van der Waals surface area contributed by atoms with Crippen molar-refractivity contribution in [1.29, 1.82) is 5.41 Å². The summed E-state index contributed by atoms with van der Waals surface area (Å²) in [6.07, 6.45) is 1.40. The third-order valence-electron chi connectivity index (χ3n) is 4.22. The second kappa shape index (κ2) is 9.49. The molecule has 9 heteroatoms. The average molecular weight is 443 g/mol. The number of aromatic nitrogens is 1. The summed E-state index contributed by atoms with van der Waals surface area (Å²) in [5, 5.41) is 11.0. The zero-order chi connectivity index (χ0) is 21.7. The highest BCUT2D eigenvalue weighted by Gasteiger charge is 2.17. The molecule has 152 valence electrons. The fourth-order valence-electron chi connectivity index (χ4n) is 2.70. The van der Waals surface area contributed by atoms with Crippen LogP contribution in [-0.2, 0) is 11.3 Å². The quantitative estimate of drug-likeness (QED) is 0.228. The molecule has 3 aromatic rings. The number of amides is 1. The van der Waals surface area contributed by atoms with Crippen molar-refractivity contribution in [3.8, 4) is 0 Å². The van der Waals surface area contributed by atoms with Crippen molar-refractivity contribution in [3.63, 3.8) is 0 Å². The smallest absolute Gasteiger partial charge is 0.257 e. The van der Waals surface area contributed by atoms with Crippen LogP contribution in [0.5, 0.6) is 0 Å². The molecule has 0 bridgehead atoms. The number of nitrogens with two attached hydrogens (primary N) is 1. The Balaban J connectivity index is 1.80. The number of carbonyl (C=O) groups excluding carboxylic acids is 2. The average Bonchev–Trinajstić information content (AvgIpc) is 2.76. The van der Waals surface area contributed by atoms with Crippen LogP contribution in [0.4, 0.5) is 5.82 Å². The number of nitrogens with one attached hydrogen (secondary N) is 2. The Kier molecular flexibility index (Phi) is 6.79. The van der Waals surface area contributed by atoms with Gasteiger partial charge in [-0.15, -0.1) is 0 Å². The third-order valence-corrected chi connectivity index (χ3v) is 4.68. The summed E-state index contributed by atoms with van der Waals surface area (Å²) in [7, 11) is 0. The Morgan fingerprint density at radius 1 is 1.00 bits per heavy atom. The van der Waals surface area contributed by atoms with Gasteiger partial charge in [0.05, 0.1) is 5.02 Å². The lowest BCUT2D eigenvalue weighted by atomic mass is 9.97. The fraction of sp³-hybridized carbons (Fsp3) is 0.0476. The second-order valence-electron chi connectivity index (χ2n) is 6.24. The van der Waals surface area contributed by atoms with E-state index >= 15 is 0 Å². The van der Waals surface area contributed by atoms with Crippen molar-refractivity contribution in [3.05, 3.63) is 93.1 Å². The molecule has 30 heavy (non-hydrogen) atoms. The first-order valence-corrected chi connectivity index (χ1v) is 9.43. The van der Waals surface area contributed by atoms with Crippen LogP contribution < -0.4 is 11.2 Å². The Labute approximate surface area is 182 Å². The van der Waals surface area contributed by atoms with Gasteiger partial charge in [-0.05, 0) is 42.0 Å². The molecule has 3 rings (SSSR count). The van der Waals surface area contributed by atoms with E-state index in [1.807, 2.05) is 0 Å². The molecule has 0 spiro atoms. The highest BCUT2D eigenvalue weighted by Crippen LogP contribution is 2.20. The first-order valence-electron chi connectivity index (χ1n) is 8.67. The van der Waals surface area contributed by atoms with Crippen LogP contribution in [0.3, 0.4) is 0 Å². The number of rotatable bonds is 6. The number of anilines is 1. The second-order valence-corrected chi connectivity index (χ2v) is 7.11. The van der Waals surface area contributed by atoms with E-state index in [4.69, 9.17) is 34.5 Å². The molecule has 0 aliphatic heterocycles. The summed E-state index contributed by atoms with van der Waals surface area (Å²) >= 11 is 11.9. The van der Waals surface area contributed by atoms with Crippen molar-refractivity contribution >= 4 is 46.6 Å². The van der Waals surface area contributed by atoms with Gasteiger partial charge in [-0.1, -0.05) is 41.4 Å². The molecular weight excluding hydrogens is 427 g/mol. The fourth-order valence-corrected chi connectivity index (χ4v) is 2.98. The number of pyridine rings is 1. The molecule has 0 atom stereocenters. The number of halogens is 2. The zero-order valence-electron chi connectivity index (χ0n) is 15.5. The topological polar surface area (TPSA) is 118 Å². The minimum atomic E-state index is -0.445. The summed E-state index contributed by atoms with van der Waals surface area (Å²) in [4.78, 5) is 33.9. The van der Waals surface area contributed by atoms with E-state index in [1.165, 1.54) is 12.3 Å². The maximum atomic E-state index is 12.7. The molecular formula is C21H16Cl2N4O3. The standard InChI is InChI=1S/C21H16Cl2N4O3/c22-15-6-5-14(9-18(28)12-1-3-13(4-2-12)20(24)30-25)17(10-15)21(29)27-19-8-7-16(23)11-26-19/h1-8,10-11,24H,9,25H2,(H,26,27,29). The van der Waals surface area contributed by atoms with Crippen LogP contribution in [0.1, 0.15) is 31.8 Å². The van der Waals surface area contributed by atoms with E-state index in [9.17, 15) is 9.59 Å². The van der Waals surface area contributed by atoms with E-state index in [0.717, 1.165) is 0 Å². The van der Waals surface area contributed by atoms with E-state index in [0.29, 0.717) is 32.6 Å². The van der Waals surface area contributed by atoms with Gasteiger partial charge >= 0.3 is 0 Å². The summed E-state index contributed by atoms with van der Waals surface area (Å²) in [5.41, 5.74) is 1.64. The number of hydrogen-bond donors (Lipinski definition) is 3. The van der Waals surface area contributed by atoms with E-state index in [2.05, 4.69) is 15.1 Å². The van der Waals surface area contributed by atoms with E-state index in [-0.39, 0.29) is 23.7 Å². The molecule has 1 aromatic heterocycles. The molecule has 0 saturated heterocycles. The largest absolute Gasteiger partial charge is 0.391 e. The van der Waals surface area contributed by atoms with Gasteiger partial charge in [-0.2, -0.15) is 5.90 Å².